The molecule has 88 valence electrons. The maximum atomic E-state index is 6.12. The van der Waals surface area contributed by atoms with Crippen LogP contribution in [0.2, 0.25) is 0 Å². The van der Waals surface area contributed by atoms with Gasteiger partial charge >= 0.3 is 0 Å². The lowest BCUT2D eigenvalue weighted by Crippen LogP contribution is -2.15. The summed E-state index contributed by atoms with van der Waals surface area (Å²) in [5.41, 5.74) is 8.47. The number of aromatic nitrogens is 2. The van der Waals surface area contributed by atoms with Crippen LogP contribution in [0.1, 0.15) is 42.8 Å². The van der Waals surface area contributed by atoms with Crippen molar-refractivity contribution in [1.82, 2.24) is 9.97 Å². The highest BCUT2D eigenvalue weighted by atomic mass is 14.9. The predicted molar refractivity (Wildman–Crippen MR) is 68.6 cm³/mol. The second-order valence-corrected chi connectivity index (χ2v) is 4.41. The summed E-state index contributed by atoms with van der Waals surface area (Å²) >= 11 is 0. The van der Waals surface area contributed by atoms with Gasteiger partial charge in [0.25, 0.3) is 0 Å². The topological polar surface area (TPSA) is 51.8 Å². The van der Waals surface area contributed by atoms with Gasteiger partial charge in [0.2, 0.25) is 0 Å². The average Bonchev–Trinajstić information content (AvgIpc) is 2.39. The Labute approximate surface area is 102 Å². The third-order valence-electron chi connectivity index (χ3n) is 2.83. The Morgan fingerprint density at radius 1 is 0.941 bits per heavy atom. The molecule has 0 fully saturated rings. The molecule has 0 aliphatic rings. The van der Waals surface area contributed by atoms with Gasteiger partial charge in [-0.05, 0) is 23.1 Å². The van der Waals surface area contributed by atoms with Gasteiger partial charge in [0, 0.05) is 12.4 Å². The summed E-state index contributed by atoms with van der Waals surface area (Å²) < 4.78 is 0. The molecular weight excluding hydrogens is 210 g/mol. The van der Waals surface area contributed by atoms with E-state index in [0.717, 1.165) is 5.56 Å². The molecule has 2 aromatic rings. The van der Waals surface area contributed by atoms with Crippen LogP contribution in [-0.2, 0) is 0 Å². The molecule has 2 N–H and O–H groups in total. The second kappa shape index (κ2) is 5.06. The molecular formula is C14H17N3. The molecule has 1 heterocycles. The first-order valence-electron chi connectivity index (χ1n) is 5.81. The maximum Gasteiger partial charge on any atom is 0.149 e. The summed E-state index contributed by atoms with van der Waals surface area (Å²) in [5, 5.41) is 0. The fourth-order valence-corrected chi connectivity index (χ4v) is 1.71. The van der Waals surface area contributed by atoms with E-state index in [1.807, 2.05) is 0 Å². The van der Waals surface area contributed by atoms with Crippen LogP contribution in [-0.4, -0.2) is 9.97 Å². The molecule has 0 aliphatic carbocycles. The zero-order valence-corrected chi connectivity index (χ0v) is 10.2. The van der Waals surface area contributed by atoms with E-state index >= 15 is 0 Å². The SMILES string of the molecule is CC(C)c1ccc(C(N)c2ncccn2)cc1. The van der Waals surface area contributed by atoms with Crippen LogP contribution in [0.3, 0.4) is 0 Å². The molecule has 0 bridgehead atoms. The molecule has 0 saturated heterocycles. The van der Waals surface area contributed by atoms with E-state index in [1.165, 1.54) is 5.56 Å². The van der Waals surface area contributed by atoms with Crippen LogP contribution in [0.25, 0.3) is 0 Å². The maximum absolute atomic E-state index is 6.12. The molecule has 1 atom stereocenters. The molecule has 3 heteroatoms. The highest BCUT2D eigenvalue weighted by Crippen LogP contribution is 2.19. The Kier molecular flexibility index (Phi) is 3.49. The van der Waals surface area contributed by atoms with E-state index in [0.29, 0.717) is 11.7 Å². The van der Waals surface area contributed by atoms with Crippen LogP contribution in [0, 0.1) is 0 Å². The summed E-state index contributed by atoms with van der Waals surface area (Å²) in [4.78, 5) is 8.35. The molecule has 0 radical (unpaired) electrons. The predicted octanol–water partition coefficient (Wildman–Crippen LogP) is 2.65. The van der Waals surface area contributed by atoms with Crippen molar-refractivity contribution in [3.63, 3.8) is 0 Å². The number of hydrogen-bond donors (Lipinski definition) is 1. The largest absolute Gasteiger partial charge is 0.318 e. The Hall–Kier alpha value is -1.74. The van der Waals surface area contributed by atoms with Gasteiger partial charge in [-0.1, -0.05) is 38.1 Å². The molecule has 0 amide bonds. The van der Waals surface area contributed by atoms with Crippen molar-refractivity contribution >= 4 is 0 Å². The first kappa shape index (κ1) is 11.7. The van der Waals surface area contributed by atoms with Crippen LogP contribution in [0.15, 0.2) is 42.7 Å². The lowest BCUT2D eigenvalue weighted by Gasteiger charge is -2.12. The normalized spacial score (nSPS) is 12.7. The zero-order valence-electron chi connectivity index (χ0n) is 10.2. The van der Waals surface area contributed by atoms with Gasteiger partial charge in [0.05, 0.1) is 6.04 Å². The Morgan fingerprint density at radius 3 is 2.00 bits per heavy atom. The number of nitrogens with two attached hydrogens (primary N) is 1. The summed E-state index contributed by atoms with van der Waals surface area (Å²) in [6.07, 6.45) is 3.43. The van der Waals surface area contributed by atoms with E-state index in [2.05, 4.69) is 48.1 Å². The molecule has 17 heavy (non-hydrogen) atoms. The molecule has 0 saturated carbocycles. The fraction of sp³-hybridized carbons (Fsp3) is 0.286. The summed E-state index contributed by atoms with van der Waals surface area (Å²) in [6, 6.07) is 9.87. The first-order valence-corrected chi connectivity index (χ1v) is 5.81. The van der Waals surface area contributed by atoms with E-state index in [-0.39, 0.29) is 6.04 Å². The van der Waals surface area contributed by atoms with Crippen LogP contribution in [0.4, 0.5) is 0 Å². The minimum Gasteiger partial charge on any atom is -0.318 e. The van der Waals surface area contributed by atoms with Crippen LogP contribution >= 0.6 is 0 Å². The van der Waals surface area contributed by atoms with E-state index < -0.39 is 0 Å². The van der Waals surface area contributed by atoms with Crippen molar-refractivity contribution in [3.05, 3.63) is 59.7 Å². The molecule has 0 spiro atoms. The van der Waals surface area contributed by atoms with E-state index in [4.69, 9.17) is 5.73 Å². The minimum absolute atomic E-state index is 0.252. The summed E-state index contributed by atoms with van der Waals surface area (Å²) in [7, 11) is 0. The minimum atomic E-state index is -0.252. The smallest absolute Gasteiger partial charge is 0.149 e. The van der Waals surface area contributed by atoms with Crippen molar-refractivity contribution in [2.75, 3.05) is 0 Å². The Bertz CT molecular complexity index is 463. The van der Waals surface area contributed by atoms with Crippen molar-refractivity contribution in [3.8, 4) is 0 Å². The van der Waals surface area contributed by atoms with Crippen LogP contribution in [0.5, 0.6) is 0 Å². The zero-order chi connectivity index (χ0) is 12.3. The van der Waals surface area contributed by atoms with E-state index in [1.54, 1.807) is 18.5 Å². The molecule has 1 aromatic carbocycles. The summed E-state index contributed by atoms with van der Waals surface area (Å²) in [5.74, 6) is 1.19. The van der Waals surface area contributed by atoms with Gasteiger partial charge in [-0.15, -0.1) is 0 Å². The van der Waals surface area contributed by atoms with Gasteiger partial charge in [0.1, 0.15) is 5.82 Å². The lowest BCUT2D eigenvalue weighted by atomic mass is 9.99. The lowest BCUT2D eigenvalue weighted by molar-refractivity contribution is 0.777. The third kappa shape index (κ3) is 2.68. The monoisotopic (exact) mass is 227 g/mol. The van der Waals surface area contributed by atoms with Crippen molar-refractivity contribution < 1.29 is 0 Å². The number of hydrogen-bond acceptors (Lipinski definition) is 3. The summed E-state index contributed by atoms with van der Waals surface area (Å²) in [6.45, 7) is 4.35. The second-order valence-electron chi connectivity index (χ2n) is 4.41. The van der Waals surface area contributed by atoms with Crippen molar-refractivity contribution in [2.45, 2.75) is 25.8 Å². The van der Waals surface area contributed by atoms with Crippen molar-refractivity contribution in [2.24, 2.45) is 5.73 Å². The molecule has 3 nitrogen and oxygen atoms in total. The number of nitrogens with zero attached hydrogens (tertiary/aromatic N) is 2. The quantitative estimate of drug-likeness (QED) is 0.877. The van der Waals surface area contributed by atoms with Crippen molar-refractivity contribution in [1.29, 1.82) is 0 Å². The molecule has 1 unspecified atom stereocenters. The van der Waals surface area contributed by atoms with Crippen LogP contribution < -0.4 is 5.73 Å². The van der Waals surface area contributed by atoms with Gasteiger partial charge in [-0.2, -0.15) is 0 Å². The van der Waals surface area contributed by atoms with Gasteiger partial charge in [-0.3, -0.25) is 0 Å². The fourth-order valence-electron chi connectivity index (χ4n) is 1.71. The Balaban J connectivity index is 2.23. The highest BCUT2D eigenvalue weighted by Gasteiger charge is 2.11. The van der Waals surface area contributed by atoms with E-state index in [9.17, 15) is 0 Å². The number of rotatable bonds is 3. The average molecular weight is 227 g/mol. The Morgan fingerprint density at radius 2 is 1.47 bits per heavy atom. The highest BCUT2D eigenvalue weighted by molar-refractivity contribution is 5.29. The van der Waals surface area contributed by atoms with Gasteiger partial charge < -0.3 is 5.73 Å². The number of benzene rings is 1. The standard InChI is InChI=1S/C14H17N3/c1-10(2)11-4-6-12(7-5-11)13(15)14-16-8-3-9-17-14/h3-10,13H,15H2,1-2H3. The molecule has 0 aliphatic heterocycles. The van der Waals surface area contributed by atoms with Gasteiger partial charge in [0.15, 0.2) is 0 Å². The third-order valence-corrected chi connectivity index (χ3v) is 2.83. The first-order chi connectivity index (χ1) is 8.18. The molecule has 2 rings (SSSR count). The van der Waals surface area contributed by atoms with Gasteiger partial charge in [-0.25, -0.2) is 9.97 Å². The molecule has 1 aromatic heterocycles.